The van der Waals surface area contributed by atoms with E-state index in [-0.39, 0.29) is 28.8 Å². The Bertz CT molecular complexity index is 2550. The summed E-state index contributed by atoms with van der Waals surface area (Å²) in [5.74, 6) is 0.596. The minimum Gasteiger partial charge on any atom is -0.493 e. The third kappa shape index (κ3) is 7.46. The minimum absolute atomic E-state index is 0.0259. The number of aromatic nitrogens is 3. The first-order valence-corrected chi connectivity index (χ1v) is 16.4. The van der Waals surface area contributed by atoms with Gasteiger partial charge in [-0.1, -0.05) is 5.16 Å². The van der Waals surface area contributed by atoms with Crippen molar-refractivity contribution in [2.45, 2.75) is 6.92 Å². The number of ether oxygens (including phenoxy) is 6. The number of amides is 2. The Balaban J connectivity index is 1.17. The van der Waals surface area contributed by atoms with Gasteiger partial charge in [0.2, 0.25) is 5.88 Å². The summed E-state index contributed by atoms with van der Waals surface area (Å²) in [5.41, 5.74) is 4.56. The number of pyridine rings is 2. The lowest BCUT2D eigenvalue weighted by Crippen LogP contribution is -2.39. The Hall–Kier alpha value is -7.36. The number of hydrogen-bond acceptors (Lipinski definition) is 12. The number of hydrazine groups is 1. The number of urea groups is 1. The molecule has 0 aliphatic rings. The number of carbonyl (C=O) groups is 1. The molecule has 0 unspecified atom stereocenters. The van der Waals surface area contributed by atoms with Gasteiger partial charge in [-0.3, -0.25) is 20.7 Å². The summed E-state index contributed by atoms with van der Waals surface area (Å²) < 4.78 is 70.1. The maximum Gasteiger partial charge on any atom is 0.347 e. The van der Waals surface area contributed by atoms with Crippen molar-refractivity contribution >= 4 is 45.1 Å². The van der Waals surface area contributed by atoms with Crippen LogP contribution in [0.4, 0.5) is 30.8 Å². The van der Waals surface area contributed by atoms with Crippen LogP contribution in [0.2, 0.25) is 0 Å². The van der Waals surface area contributed by atoms with E-state index in [0.29, 0.717) is 62.0 Å². The highest BCUT2D eigenvalue weighted by Crippen LogP contribution is 2.39. The van der Waals surface area contributed by atoms with Crippen LogP contribution >= 0.6 is 0 Å². The number of hydrogen-bond donors (Lipinski definition) is 2. The van der Waals surface area contributed by atoms with E-state index < -0.39 is 17.7 Å². The van der Waals surface area contributed by atoms with Crippen molar-refractivity contribution in [2.75, 3.05) is 44.2 Å². The van der Waals surface area contributed by atoms with Crippen molar-refractivity contribution in [3.8, 4) is 46.0 Å². The van der Waals surface area contributed by atoms with Crippen molar-refractivity contribution in [1.82, 2.24) is 15.1 Å². The molecule has 7 aromatic rings. The van der Waals surface area contributed by atoms with Gasteiger partial charge in [0, 0.05) is 53.5 Å². The maximum absolute atomic E-state index is 15.8. The summed E-state index contributed by atoms with van der Waals surface area (Å²) in [6.07, 6.45) is 3.04. The zero-order chi connectivity index (χ0) is 38.6. The predicted molar refractivity (Wildman–Crippen MR) is 199 cm³/mol. The van der Waals surface area contributed by atoms with E-state index in [1.807, 2.05) is 0 Å². The number of aryl methyl sites for hydroxylation is 1. The molecule has 0 atom stereocenters. The molecule has 0 saturated heterocycles. The van der Waals surface area contributed by atoms with E-state index in [1.54, 1.807) is 43.3 Å². The van der Waals surface area contributed by atoms with Gasteiger partial charge in [0.05, 0.1) is 56.5 Å². The molecule has 0 spiro atoms. The van der Waals surface area contributed by atoms with E-state index in [1.165, 1.54) is 71.2 Å². The summed E-state index contributed by atoms with van der Waals surface area (Å²) in [7, 11) is 6.01. The lowest BCUT2D eigenvalue weighted by atomic mass is 10.1. The van der Waals surface area contributed by atoms with E-state index in [2.05, 4.69) is 25.9 Å². The van der Waals surface area contributed by atoms with Crippen LogP contribution in [0.25, 0.3) is 21.8 Å². The van der Waals surface area contributed by atoms with Gasteiger partial charge in [0.15, 0.2) is 46.1 Å². The molecule has 4 aromatic carbocycles. The largest absolute Gasteiger partial charge is 0.493 e. The lowest BCUT2D eigenvalue weighted by molar-refractivity contribution is 0.257. The van der Waals surface area contributed by atoms with Gasteiger partial charge in [0.1, 0.15) is 11.5 Å². The van der Waals surface area contributed by atoms with Crippen LogP contribution in [-0.4, -0.2) is 49.6 Å². The second-order valence-electron chi connectivity index (χ2n) is 11.7. The number of methoxy groups -OCH3 is 4. The van der Waals surface area contributed by atoms with Crippen LogP contribution < -0.4 is 44.2 Å². The molecule has 2 N–H and O–H groups in total. The van der Waals surface area contributed by atoms with Gasteiger partial charge in [-0.15, -0.1) is 0 Å². The zero-order valence-corrected chi connectivity index (χ0v) is 30.0. The molecule has 3 aromatic heterocycles. The monoisotopic (exact) mass is 750 g/mol. The molecule has 3 heterocycles. The number of fused-ring (bicyclic) bond motifs is 2. The highest BCUT2D eigenvalue weighted by Gasteiger charge is 2.22. The predicted octanol–water partition coefficient (Wildman–Crippen LogP) is 9.04. The van der Waals surface area contributed by atoms with Crippen LogP contribution in [0.15, 0.2) is 95.8 Å². The normalized spacial score (nSPS) is 10.9. The zero-order valence-electron chi connectivity index (χ0n) is 30.0. The molecular weight excluding hydrogens is 718 g/mol. The number of halogens is 2. The van der Waals surface area contributed by atoms with Crippen LogP contribution in [0.3, 0.4) is 0 Å². The SMILES string of the molecule is COc1cc2nccc(Oc3ccc(NN(C(=O)Nc4cc(C)no4)c4ccc(Oc5ccnc6cc(OC)c(OC)cc56)c(F)c4)cc3F)c2cc1OC. The van der Waals surface area contributed by atoms with Crippen molar-refractivity contribution < 1.29 is 46.5 Å². The quantitative estimate of drug-likeness (QED) is 0.115. The Labute approximate surface area is 312 Å². The first-order valence-electron chi connectivity index (χ1n) is 16.4. The van der Waals surface area contributed by atoms with Crippen molar-refractivity contribution in [3.05, 3.63) is 109 Å². The van der Waals surface area contributed by atoms with Crippen molar-refractivity contribution in [2.24, 2.45) is 0 Å². The maximum atomic E-state index is 15.8. The van der Waals surface area contributed by atoms with Crippen LogP contribution in [0, 0.1) is 18.6 Å². The van der Waals surface area contributed by atoms with E-state index >= 15 is 8.78 Å². The molecule has 0 bridgehead atoms. The molecule has 0 aliphatic carbocycles. The molecule has 0 fully saturated rings. The second-order valence-corrected chi connectivity index (χ2v) is 11.7. The van der Waals surface area contributed by atoms with Crippen LogP contribution in [0.5, 0.6) is 46.0 Å². The number of anilines is 3. The highest BCUT2D eigenvalue weighted by atomic mass is 19.1. The number of benzene rings is 4. The van der Waals surface area contributed by atoms with Gasteiger partial charge >= 0.3 is 6.03 Å². The standard InChI is InChI=1S/C39H32F2N6O8/c1-21-14-38(55-46-21)44-39(48)47(23-7-9-33(27(41)16-23)54-31-11-13-43-29-20-37(52-5)35(50-3)18-25(29)31)45-22-6-8-32(26(40)15-22)53-30-10-12-42-28-19-36(51-4)34(49-2)17-24(28)30/h6-20,45H,1-5H3,(H,44,48). The van der Waals surface area contributed by atoms with Gasteiger partial charge in [0.25, 0.3) is 0 Å². The first-order chi connectivity index (χ1) is 26.7. The fraction of sp³-hybridized carbons (Fsp3) is 0.128. The molecule has 2 amide bonds. The van der Waals surface area contributed by atoms with Gasteiger partial charge in [-0.25, -0.2) is 18.6 Å². The summed E-state index contributed by atoms with van der Waals surface area (Å²) in [6, 6.07) is 18.4. The summed E-state index contributed by atoms with van der Waals surface area (Å²) in [5, 5.41) is 8.40. The molecule has 0 radical (unpaired) electrons. The fourth-order valence-electron chi connectivity index (χ4n) is 5.62. The molecule has 55 heavy (non-hydrogen) atoms. The van der Waals surface area contributed by atoms with Crippen molar-refractivity contribution in [3.63, 3.8) is 0 Å². The molecule has 16 heteroatoms. The number of rotatable bonds is 12. The fourth-order valence-corrected chi connectivity index (χ4v) is 5.62. The van der Waals surface area contributed by atoms with Crippen molar-refractivity contribution in [1.29, 1.82) is 0 Å². The van der Waals surface area contributed by atoms with Gasteiger partial charge < -0.3 is 32.9 Å². The van der Waals surface area contributed by atoms with Gasteiger partial charge in [-0.2, -0.15) is 0 Å². The topological polar surface area (TPSA) is 152 Å². The number of nitrogens with zero attached hydrogens (tertiary/aromatic N) is 4. The second kappa shape index (κ2) is 15.3. The summed E-state index contributed by atoms with van der Waals surface area (Å²) in [6.45, 7) is 1.68. The smallest absolute Gasteiger partial charge is 0.347 e. The Morgan fingerprint density at radius 3 is 1.65 bits per heavy atom. The van der Waals surface area contributed by atoms with Crippen LogP contribution in [-0.2, 0) is 0 Å². The average Bonchev–Trinajstić information content (AvgIpc) is 3.61. The highest BCUT2D eigenvalue weighted by molar-refractivity contribution is 6.02. The lowest BCUT2D eigenvalue weighted by Gasteiger charge is -2.25. The van der Waals surface area contributed by atoms with E-state index in [0.717, 1.165) is 17.1 Å². The van der Waals surface area contributed by atoms with Gasteiger partial charge in [-0.05, 0) is 55.5 Å². The van der Waals surface area contributed by atoms with Crippen LogP contribution in [0.1, 0.15) is 5.69 Å². The third-order valence-corrected chi connectivity index (χ3v) is 8.26. The molecule has 0 saturated carbocycles. The number of carbonyl (C=O) groups excluding carboxylic acids is 1. The molecular formula is C39H32F2N6O8. The molecule has 14 nitrogen and oxygen atoms in total. The third-order valence-electron chi connectivity index (χ3n) is 8.26. The first kappa shape index (κ1) is 36.0. The van der Waals surface area contributed by atoms with E-state index in [9.17, 15) is 4.79 Å². The summed E-state index contributed by atoms with van der Waals surface area (Å²) in [4.78, 5) is 22.3. The molecule has 280 valence electrons. The number of nitrogens with one attached hydrogen (secondary N) is 2. The Kier molecular flexibility index (Phi) is 10.0. The summed E-state index contributed by atoms with van der Waals surface area (Å²) >= 11 is 0. The average molecular weight is 751 g/mol. The molecule has 7 rings (SSSR count). The Morgan fingerprint density at radius 1 is 0.636 bits per heavy atom. The Morgan fingerprint density at radius 2 is 1.16 bits per heavy atom. The van der Waals surface area contributed by atoms with E-state index in [4.69, 9.17) is 32.9 Å². The minimum atomic E-state index is -0.813. The molecule has 0 aliphatic heterocycles.